The second kappa shape index (κ2) is 6.69. The number of allylic oxidation sites excluding steroid dienone is 1. The van der Waals surface area contributed by atoms with Gasteiger partial charge in [-0.2, -0.15) is 0 Å². The molecule has 0 fully saturated rings. The van der Waals surface area contributed by atoms with Crippen LogP contribution in [0.2, 0.25) is 0 Å². The van der Waals surface area contributed by atoms with Crippen molar-refractivity contribution in [3.05, 3.63) is 35.5 Å². The molecule has 0 aromatic heterocycles. The first-order valence-electron chi connectivity index (χ1n) is 5.84. The summed E-state index contributed by atoms with van der Waals surface area (Å²) in [6, 6.07) is 7.49. The summed E-state index contributed by atoms with van der Waals surface area (Å²) in [5, 5.41) is 3.16. The highest BCUT2D eigenvalue weighted by molar-refractivity contribution is 5.89. The van der Waals surface area contributed by atoms with Crippen molar-refractivity contribution in [2.45, 2.75) is 20.8 Å². The van der Waals surface area contributed by atoms with Gasteiger partial charge in [0.25, 0.3) is 0 Å². The number of ether oxygens (including phenoxy) is 2. The molecule has 0 heterocycles. The lowest BCUT2D eigenvalue weighted by Gasteiger charge is -2.10. The molecule has 0 unspecified atom stereocenters. The molecular weight excluding hydrogens is 230 g/mol. The van der Waals surface area contributed by atoms with E-state index in [1.54, 1.807) is 21.0 Å². The van der Waals surface area contributed by atoms with Crippen molar-refractivity contribution in [2.75, 3.05) is 19.0 Å². The molecule has 0 spiro atoms. The van der Waals surface area contributed by atoms with E-state index in [9.17, 15) is 4.79 Å². The van der Waals surface area contributed by atoms with Gasteiger partial charge >= 0.3 is 5.97 Å². The standard InChI is InChI=1S/C14H19NO3/c1-5-18-14(16)10(2)11(3)15-12-6-8-13(17-4)9-7-12/h6-9,15H,5H2,1-4H3/b11-10-. The van der Waals surface area contributed by atoms with Crippen LogP contribution in [0.3, 0.4) is 0 Å². The molecule has 0 saturated heterocycles. The fourth-order valence-electron chi connectivity index (χ4n) is 1.38. The Kier molecular flexibility index (Phi) is 5.24. The number of rotatable bonds is 5. The number of esters is 1. The Morgan fingerprint density at radius 1 is 1.22 bits per heavy atom. The SMILES string of the molecule is CCOC(=O)/C(C)=C(/C)Nc1ccc(OC)cc1. The van der Waals surface area contributed by atoms with Crippen LogP contribution in [0.5, 0.6) is 5.75 Å². The van der Waals surface area contributed by atoms with Gasteiger partial charge in [-0.3, -0.25) is 0 Å². The number of nitrogens with one attached hydrogen (secondary N) is 1. The van der Waals surface area contributed by atoms with E-state index in [-0.39, 0.29) is 5.97 Å². The van der Waals surface area contributed by atoms with E-state index in [4.69, 9.17) is 9.47 Å². The topological polar surface area (TPSA) is 47.6 Å². The normalized spacial score (nSPS) is 11.6. The molecular formula is C14H19NO3. The minimum Gasteiger partial charge on any atom is -0.497 e. The van der Waals surface area contributed by atoms with Crippen LogP contribution in [0.15, 0.2) is 35.5 Å². The molecule has 1 aromatic carbocycles. The highest BCUT2D eigenvalue weighted by Gasteiger charge is 2.08. The van der Waals surface area contributed by atoms with Crippen molar-refractivity contribution in [3.63, 3.8) is 0 Å². The third-order valence-corrected chi connectivity index (χ3v) is 2.57. The maximum atomic E-state index is 11.5. The maximum Gasteiger partial charge on any atom is 0.335 e. The van der Waals surface area contributed by atoms with Gasteiger partial charge in [-0.25, -0.2) is 4.79 Å². The zero-order chi connectivity index (χ0) is 13.5. The van der Waals surface area contributed by atoms with E-state index < -0.39 is 0 Å². The van der Waals surface area contributed by atoms with Gasteiger partial charge in [0, 0.05) is 11.4 Å². The Hall–Kier alpha value is -1.97. The average Bonchev–Trinajstić information content (AvgIpc) is 2.39. The fourth-order valence-corrected chi connectivity index (χ4v) is 1.38. The average molecular weight is 249 g/mol. The second-order valence-corrected chi connectivity index (χ2v) is 3.82. The summed E-state index contributed by atoms with van der Waals surface area (Å²) < 4.78 is 10.0. The lowest BCUT2D eigenvalue weighted by atomic mass is 10.2. The van der Waals surface area contributed by atoms with Crippen LogP contribution in [0.4, 0.5) is 5.69 Å². The van der Waals surface area contributed by atoms with Gasteiger partial charge in [-0.15, -0.1) is 0 Å². The first-order chi connectivity index (χ1) is 8.58. The van der Waals surface area contributed by atoms with Crippen molar-refractivity contribution >= 4 is 11.7 Å². The number of carbonyl (C=O) groups is 1. The van der Waals surface area contributed by atoms with Crippen molar-refractivity contribution in [1.82, 2.24) is 0 Å². The number of carbonyl (C=O) groups excluding carboxylic acids is 1. The van der Waals surface area contributed by atoms with E-state index in [0.717, 1.165) is 17.1 Å². The summed E-state index contributed by atoms with van der Waals surface area (Å²) in [5.74, 6) is 0.500. The van der Waals surface area contributed by atoms with E-state index in [1.807, 2.05) is 31.2 Å². The number of hydrogen-bond acceptors (Lipinski definition) is 4. The van der Waals surface area contributed by atoms with E-state index in [0.29, 0.717) is 12.2 Å². The number of anilines is 1. The Labute approximate surface area is 108 Å². The van der Waals surface area contributed by atoms with Crippen LogP contribution in [-0.2, 0) is 9.53 Å². The lowest BCUT2D eigenvalue weighted by Crippen LogP contribution is -2.10. The van der Waals surface area contributed by atoms with Crippen molar-refractivity contribution in [1.29, 1.82) is 0 Å². The largest absolute Gasteiger partial charge is 0.497 e. The molecule has 0 saturated carbocycles. The summed E-state index contributed by atoms with van der Waals surface area (Å²) in [5.41, 5.74) is 2.25. The first-order valence-corrected chi connectivity index (χ1v) is 5.84. The van der Waals surface area contributed by atoms with Gasteiger partial charge in [0.2, 0.25) is 0 Å². The van der Waals surface area contributed by atoms with E-state index in [1.165, 1.54) is 0 Å². The third kappa shape index (κ3) is 3.80. The van der Waals surface area contributed by atoms with Gasteiger partial charge in [0.1, 0.15) is 5.75 Å². The van der Waals surface area contributed by atoms with Crippen LogP contribution in [0.1, 0.15) is 20.8 Å². The minimum absolute atomic E-state index is 0.295. The van der Waals surface area contributed by atoms with Crippen molar-refractivity contribution < 1.29 is 14.3 Å². The summed E-state index contributed by atoms with van der Waals surface area (Å²) >= 11 is 0. The lowest BCUT2D eigenvalue weighted by molar-refractivity contribution is -0.138. The van der Waals surface area contributed by atoms with Crippen LogP contribution < -0.4 is 10.1 Å². The Bertz CT molecular complexity index is 435. The summed E-state index contributed by atoms with van der Waals surface area (Å²) in [7, 11) is 1.62. The van der Waals surface area contributed by atoms with Crippen LogP contribution in [0, 0.1) is 0 Å². The van der Waals surface area contributed by atoms with Crippen molar-refractivity contribution in [3.8, 4) is 5.75 Å². The summed E-state index contributed by atoms with van der Waals surface area (Å²) in [4.78, 5) is 11.5. The molecule has 4 heteroatoms. The Balaban J connectivity index is 2.75. The molecule has 1 rings (SSSR count). The van der Waals surface area contributed by atoms with Gasteiger partial charge < -0.3 is 14.8 Å². The summed E-state index contributed by atoms with van der Waals surface area (Å²) in [6.45, 7) is 5.75. The molecule has 1 aromatic rings. The second-order valence-electron chi connectivity index (χ2n) is 3.82. The minimum atomic E-state index is -0.295. The smallest absolute Gasteiger partial charge is 0.335 e. The third-order valence-electron chi connectivity index (χ3n) is 2.57. The molecule has 0 aliphatic carbocycles. The number of methoxy groups -OCH3 is 1. The molecule has 0 aliphatic rings. The van der Waals surface area contributed by atoms with Crippen LogP contribution >= 0.6 is 0 Å². The van der Waals surface area contributed by atoms with Crippen LogP contribution in [0.25, 0.3) is 0 Å². The summed E-state index contributed by atoms with van der Waals surface area (Å²) in [6.07, 6.45) is 0. The fraction of sp³-hybridized carbons (Fsp3) is 0.357. The maximum absolute atomic E-state index is 11.5. The monoisotopic (exact) mass is 249 g/mol. The number of hydrogen-bond donors (Lipinski definition) is 1. The predicted molar refractivity (Wildman–Crippen MR) is 71.6 cm³/mol. The number of benzene rings is 1. The van der Waals surface area contributed by atoms with Gasteiger partial charge in [-0.05, 0) is 45.0 Å². The molecule has 0 radical (unpaired) electrons. The van der Waals surface area contributed by atoms with Gasteiger partial charge in [0.05, 0.1) is 19.3 Å². The van der Waals surface area contributed by atoms with Crippen molar-refractivity contribution in [2.24, 2.45) is 0 Å². The predicted octanol–water partition coefficient (Wildman–Crippen LogP) is 2.96. The molecule has 98 valence electrons. The van der Waals surface area contributed by atoms with E-state index in [2.05, 4.69) is 5.32 Å². The molecule has 4 nitrogen and oxygen atoms in total. The Morgan fingerprint density at radius 2 is 1.83 bits per heavy atom. The molecule has 0 amide bonds. The van der Waals surface area contributed by atoms with E-state index >= 15 is 0 Å². The van der Waals surface area contributed by atoms with Gasteiger partial charge in [-0.1, -0.05) is 0 Å². The highest BCUT2D eigenvalue weighted by Crippen LogP contribution is 2.17. The first kappa shape index (κ1) is 14.1. The molecule has 0 atom stereocenters. The molecule has 1 N–H and O–H groups in total. The molecule has 0 aliphatic heterocycles. The zero-order valence-electron chi connectivity index (χ0n) is 11.2. The van der Waals surface area contributed by atoms with Crippen LogP contribution in [-0.4, -0.2) is 19.7 Å². The molecule has 18 heavy (non-hydrogen) atoms. The quantitative estimate of drug-likeness (QED) is 0.643. The Morgan fingerprint density at radius 3 is 2.33 bits per heavy atom. The van der Waals surface area contributed by atoms with Gasteiger partial charge in [0.15, 0.2) is 0 Å². The zero-order valence-corrected chi connectivity index (χ0v) is 11.2. The highest BCUT2D eigenvalue weighted by atomic mass is 16.5. The molecule has 0 bridgehead atoms.